The molecule has 1 amide bonds. The maximum atomic E-state index is 13.2. The van der Waals surface area contributed by atoms with Gasteiger partial charge in [-0.3, -0.25) is 14.9 Å². The van der Waals surface area contributed by atoms with Crippen LogP contribution in [-0.4, -0.2) is 16.9 Å². The number of nitrogens with one attached hydrogen (secondary N) is 1. The van der Waals surface area contributed by atoms with Gasteiger partial charge < -0.3 is 5.32 Å². The van der Waals surface area contributed by atoms with Crippen LogP contribution < -0.4 is 5.32 Å². The van der Waals surface area contributed by atoms with Crippen LogP contribution >= 0.6 is 0 Å². The molecule has 0 heterocycles. The van der Waals surface area contributed by atoms with Crippen molar-refractivity contribution in [3.63, 3.8) is 0 Å². The van der Waals surface area contributed by atoms with Crippen LogP contribution in [0.4, 0.5) is 10.1 Å². The highest BCUT2D eigenvalue weighted by Gasteiger charge is 2.18. The van der Waals surface area contributed by atoms with Crippen molar-refractivity contribution in [1.82, 2.24) is 5.32 Å². The Morgan fingerprint density at radius 2 is 2.00 bits per heavy atom. The minimum atomic E-state index is -0.945. The minimum Gasteiger partial charge on any atom is -0.350 e. The van der Waals surface area contributed by atoms with E-state index in [-0.39, 0.29) is 11.6 Å². The minimum absolute atomic E-state index is 0.0333. The molecule has 0 spiro atoms. The van der Waals surface area contributed by atoms with Gasteiger partial charge in [0.2, 0.25) is 5.82 Å². The number of nitro benzene ring substituents is 1. The summed E-state index contributed by atoms with van der Waals surface area (Å²) in [5, 5.41) is 13.4. The largest absolute Gasteiger partial charge is 0.350 e. The summed E-state index contributed by atoms with van der Waals surface area (Å²) >= 11 is 0. The number of hydrogen-bond acceptors (Lipinski definition) is 3. The predicted octanol–water partition coefficient (Wildman–Crippen LogP) is 3.29. The highest BCUT2D eigenvalue weighted by atomic mass is 19.1. The van der Waals surface area contributed by atoms with Crippen molar-refractivity contribution in [2.45, 2.75) is 39.7 Å². The molecule has 0 bridgehead atoms. The predicted molar refractivity (Wildman–Crippen MR) is 74.1 cm³/mol. The van der Waals surface area contributed by atoms with Gasteiger partial charge >= 0.3 is 5.69 Å². The summed E-state index contributed by atoms with van der Waals surface area (Å²) in [7, 11) is 0. The van der Waals surface area contributed by atoms with Crippen molar-refractivity contribution in [2.24, 2.45) is 5.92 Å². The first-order chi connectivity index (χ1) is 9.31. The zero-order valence-electron chi connectivity index (χ0n) is 11.9. The van der Waals surface area contributed by atoms with Crippen molar-refractivity contribution < 1.29 is 14.1 Å². The van der Waals surface area contributed by atoms with E-state index in [9.17, 15) is 19.3 Å². The monoisotopic (exact) mass is 282 g/mol. The molecule has 5 nitrogen and oxygen atoms in total. The number of carbonyl (C=O) groups excluding carboxylic acids is 1. The lowest BCUT2D eigenvalue weighted by molar-refractivity contribution is -0.387. The summed E-state index contributed by atoms with van der Waals surface area (Å²) in [5.41, 5.74) is -0.595. The Hall–Kier alpha value is -1.98. The Labute approximate surface area is 117 Å². The van der Waals surface area contributed by atoms with E-state index in [1.165, 1.54) is 6.07 Å². The van der Waals surface area contributed by atoms with Crippen LogP contribution in [0, 0.1) is 21.8 Å². The fourth-order valence-corrected chi connectivity index (χ4v) is 1.76. The number of carbonyl (C=O) groups is 1. The second-order valence-corrected chi connectivity index (χ2v) is 5.27. The van der Waals surface area contributed by atoms with Crippen molar-refractivity contribution in [2.75, 3.05) is 0 Å². The topological polar surface area (TPSA) is 72.2 Å². The third-order valence-corrected chi connectivity index (χ3v) is 2.96. The summed E-state index contributed by atoms with van der Waals surface area (Å²) < 4.78 is 13.2. The average Bonchev–Trinajstić information content (AvgIpc) is 2.36. The summed E-state index contributed by atoms with van der Waals surface area (Å²) in [6.07, 6.45) is 1.80. The van der Waals surface area contributed by atoms with Gasteiger partial charge in [-0.15, -0.1) is 0 Å². The molecule has 6 heteroatoms. The van der Waals surface area contributed by atoms with Gasteiger partial charge in [-0.05, 0) is 37.8 Å². The third-order valence-electron chi connectivity index (χ3n) is 2.96. The first kappa shape index (κ1) is 16.1. The van der Waals surface area contributed by atoms with Crippen molar-refractivity contribution in [3.05, 3.63) is 39.7 Å². The van der Waals surface area contributed by atoms with Gasteiger partial charge in [0, 0.05) is 17.7 Å². The normalized spacial score (nSPS) is 12.2. The number of amides is 1. The maximum Gasteiger partial charge on any atom is 0.305 e. The number of hydrogen-bond donors (Lipinski definition) is 1. The summed E-state index contributed by atoms with van der Waals surface area (Å²) in [5.74, 6) is -0.829. The zero-order chi connectivity index (χ0) is 15.3. The first-order valence-corrected chi connectivity index (χ1v) is 6.56. The smallest absolute Gasteiger partial charge is 0.305 e. The fourth-order valence-electron chi connectivity index (χ4n) is 1.76. The van der Waals surface area contributed by atoms with Crippen LogP contribution in [0.25, 0.3) is 0 Å². The second kappa shape index (κ2) is 6.98. The van der Waals surface area contributed by atoms with Gasteiger partial charge in [0.25, 0.3) is 5.91 Å². The Morgan fingerprint density at radius 3 is 2.55 bits per heavy atom. The lowest BCUT2D eigenvalue weighted by atomic mass is 10.0. The first-order valence-electron chi connectivity index (χ1n) is 6.56. The highest BCUT2D eigenvalue weighted by molar-refractivity contribution is 5.95. The molecular weight excluding hydrogens is 263 g/mol. The Balaban J connectivity index is 2.73. The molecule has 1 unspecified atom stereocenters. The van der Waals surface area contributed by atoms with Crippen LogP contribution in [0.3, 0.4) is 0 Å². The molecule has 0 aliphatic carbocycles. The van der Waals surface area contributed by atoms with Crippen molar-refractivity contribution in [1.29, 1.82) is 0 Å². The zero-order valence-corrected chi connectivity index (χ0v) is 11.9. The molecule has 1 aromatic rings. The highest BCUT2D eigenvalue weighted by Crippen LogP contribution is 2.18. The molecule has 0 saturated carbocycles. The van der Waals surface area contributed by atoms with Crippen molar-refractivity contribution in [3.8, 4) is 0 Å². The molecule has 110 valence electrons. The van der Waals surface area contributed by atoms with Crippen LogP contribution in [-0.2, 0) is 0 Å². The third kappa shape index (κ3) is 4.60. The number of halogens is 1. The van der Waals surface area contributed by atoms with Gasteiger partial charge in [0.1, 0.15) is 0 Å². The molecule has 0 aromatic heterocycles. The Bertz CT molecular complexity index is 503. The maximum absolute atomic E-state index is 13.2. The van der Waals surface area contributed by atoms with E-state index in [0.29, 0.717) is 5.92 Å². The van der Waals surface area contributed by atoms with Crippen LogP contribution in [0.15, 0.2) is 18.2 Å². The quantitative estimate of drug-likeness (QED) is 0.642. The van der Waals surface area contributed by atoms with Gasteiger partial charge in [-0.1, -0.05) is 13.8 Å². The van der Waals surface area contributed by atoms with E-state index in [0.717, 1.165) is 25.0 Å². The van der Waals surface area contributed by atoms with E-state index >= 15 is 0 Å². The average molecular weight is 282 g/mol. The summed E-state index contributed by atoms with van der Waals surface area (Å²) in [4.78, 5) is 21.7. The van der Waals surface area contributed by atoms with E-state index < -0.39 is 22.3 Å². The number of nitro groups is 1. The molecule has 0 aliphatic rings. The lowest BCUT2D eigenvalue weighted by Crippen LogP contribution is -2.32. The summed E-state index contributed by atoms with van der Waals surface area (Å²) in [6, 6.07) is 3.10. The lowest BCUT2D eigenvalue weighted by Gasteiger charge is -2.15. The Morgan fingerprint density at radius 1 is 1.35 bits per heavy atom. The van der Waals surface area contributed by atoms with Gasteiger partial charge in [0.15, 0.2) is 0 Å². The van der Waals surface area contributed by atoms with Gasteiger partial charge in [-0.2, -0.15) is 4.39 Å². The second-order valence-electron chi connectivity index (χ2n) is 5.27. The molecule has 0 saturated heterocycles. The molecule has 0 fully saturated rings. The molecule has 1 atom stereocenters. The van der Waals surface area contributed by atoms with Crippen molar-refractivity contribution >= 4 is 11.6 Å². The molecule has 1 rings (SSSR count). The molecule has 0 aliphatic heterocycles. The van der Waals surface area contributed by atoms with Crippen LogP contribution in [0.2, 0.25) is 0 Å². The van der Waals surface area contributed by atoms with Gasteiger partial charge in [0.05, 0.1) is 4.92 Å². The SMILES string of the molecule is CC(C)CCC(C)NC(=O)c1ccc(F)c([N+](=O)[O-])c1. The number of benzene rings is 1. The molecular formula is C14H19FN2O3. The number of rotatable bonds is 6. The van der Waals surface area contributed by atoms with E-state index in [4.69, 9.17) is 0 Å². The van der Waals surface area contributed by atoms with E-state index in [1.54, 1.807) is 0 Å². The standard InChI is InChI=1S/C14H19FN2O3/c1-9(2)4-5-10(3)16-14(18)11-6-7-12(15)13(8-11)17(19)20/h6-10H,4-5H2,1-3H3,(H,16,18). The molecule has 1 N–H and O–H groups in total. The summed E-state index contributed by atoms with van der Waals surface area (Å²) in [6.45, 7) is 6.06. The molecule has 20 heavy (non-hydrogen) atoms. The van der Waals surface area contributed by atoms with E-state index in [1.807, 2.05) is 6.92 Å². The van der Waals surface area contributed by atoms with Crippen LogP contribution in [0.1, 0.15) is 44.0 Å². The van der Waals surface area contributed by atoms with Gasteiger partial charge in [-0.25, -0.2) is 0 Å². The number of nitrogens with zero attached hydrogens (tertiary/aromatic N) is 1. The molecule has 0 radical (unpaired) electrons. The Kier molecular flexibility index (Phi) is 5.61. The fraction of sp³-hybridized carbons (Fsp3) is 0.500. The molecule has 1 aromatic carbocycles. The van der Waals surface area contributed by atoms with E-state index in [2.05, 4.69) is 19.2 Å². The van der Waals surface area contributed by atoms with Crippen LogP contribution in [0.5, 0.6) is 0 Å².